The number of aliphatic imine (C=N–C) groups is 1. The van der Waals surface area contributed by atoms with Crippen LogP contribution < -0.4 is 0 Å². The zero-order valence-electron chi connectivity index (χ0n) is 5.20. The van der Waals surface area contributed by atoms with Crippen LogP contribution in [0.4, 0.5) is 5.00 Å². The van der Waals surface area contributed by atoms with Crippen LogP contribution in [0.25, 0.3) is 0 Å². The molecule has 0 aliphatic carbocycles. The Hall–Kier alpha value is -0.960. The van der Waals surface area contributed by atoms with E-state index in [1.165, 1.54) is 11.3 Å². The Morgan fingerprint density at radius 3 is 3.30 bits per heavy atom. The van der Waals surface area contributed by atoms with Gasteiger partial charge in [-0.2, -0.15) is 0 Å². The fraction of sp³-hybridized carbons (Fsp3) is 0.143. The van der Waals surface area contributed by atoms with Gasteiger partial charge in [0.15, 0.2) is 5.78 Å². The van der Waals surface area contributed by atoms with Crippen molar-refractivity contribution in [3.63, 3.8) is 0 Å². The highest BCUT2D eigenvalue weighted by atomic mass is 32.1. The number of rotatable bonds is 0. The first-order valence-corrected chi connectivity index (χ1v) is 3.89. The van der Waals surface area contributed by atoms with E-state index < -0.39 is 0 Å². The molecule has 1 aromatic heterocycles. The van der Waals surface area contributed by atoms with Crippen LogP contribution in [0.1, 0.15) is 16.8 Å². The summed E-state index contributed by atoms with van der Waals surface area (Å²) in [6.07, 6.45) is 2.13. The lowest BCUT2D eigenvalue weighted by atomic mass is 10.1. The van der Waals surface area contributed by atoms with Gasteiger partial charge >= 0.3 is 0 Å². The maximum absolute atomic E-state index is 11.1. The van der Waals surface area contributed by atoms with Gasteiger partial charge in [-0.05, 0) is 11.4 Å². The molecule has 50 valence electrons. The standard InChI is InChI=1S/C7H5NOS/c9-6-1-3-8-7-5(6)2-4-10-7/h2-4H,1H2. The summed E-state index contributed by atoms with van der Waals surface area (Å²) >= 11 is 1.51. The Morgan fingerprint density at radius 2 is 2.50 bits per heavy atom. The quantitative estimate of drug-likeness (QED) is 0.558. The monoisotopic (exact) mass is 151 g/mol. The van der Waals surface area contributed by atoms with E-state index in [1.54, 1.807) is 6.21 Å². The van der Waals surface area contributed by atoms with Crippen molar-refractivity contribution in [3.05, 3.63) is 17.0 Å². The zero-order chi connectivity index (χ0) is 6.97. The second kappa shape index (κ2) is 2.02. The first-order valence-electron chi connectivity index (χ1n) is 3.01. The second-order valence-corrected chi connectivity index (χ2v) is 2.97. The number of hydrogen-bond donors (Lipinski definition) is 0. The topological polar surface area (TPSA) is 29.4 Å². The number of nitrogens with zero attached hydrogens (tertiary/aromatic N) is 1. The van der Waals surface area contributed by atoms with Gasteiger partial charge in [0.2, 0.25) is 0 Å². The third-order valence-corrected chi connectivity index (χ3v) is 2.25. The molecule has 3 heteroatoms. The minimum Gasteiger partial charge on any atom is -0.294 e. The molecule has 10 heavy (non-hydrogen) atoms. The summed E-state index contributed by atoms with van der Waals surface area (Å²) < 4.78 is 0. The van der Waals surface area contributed by atoms with E-state index in [1.807, 2.05) is 11.4 Å². The maximum atomic E-state index is 11.1. The fourth-order valence-corrected chi connectivity index (χ4v) is 1.71. The van der Waals surface area contributed by atoms with Crippen molar-refractivity contribution < 1.29 is 4.79 Å². The predicted molar refractivity (Wildman–Crippen MR) is 41.4 cm³/mol. The Labute approximate surface area is 62.2 Å². The molecule has 1 aromatic rings. The van der Waals surface area contributed by atoms with E-state index in [0.29, 0.717) is 6.42 Å². The maximum Gasteiger partial charge on any atom is 0.171 e. The van der Waals surface area contributed by atoms with Gasteiger partial charge in [-0.1, -0.05) is 0 Å². The molecule has 0 radical (unpaired) electrons. The van der Waals surface area contributed by atoms with E-state index in [9.17, 15) is 4.79 Å². The van der Waals surface area contributed by atoms with Crippen molar-refractivity contribution in [2.45, 2.75) is 6.42 Å². The molecule has 2 heterocycles. The smallest absolute Gasteiger partial charge is 0.171 e. The molecule has 0 saturated heterocycles. The van der Waals surface area contributed by atoms with Crippen LogP contribution >= 0.6 is 11.3 Å². The first-order chi connectivity index (χ1) is 4.88. The molecule has 0 bridgehead atoms. The summed E-state index contributed by atoms with van der Waals surface area (Å²) in [6, 6.07) is 1.83. The third kappa shape index (κ3) is 0.708. The summed E-state index contributed by atoms with van der Waals surface area (Å²) in [4.78, 5) is 15.1. The van der Waals surface area contributed by atoms with Crippen LogP contribution in [0.5, 0.6) is 0 Å². The predicted octanol–water partition coefficient (Wildman–Crippen LogP) is 2.04. The van der Waals surface area contributed by atoms with Crippen molar-refractivity contribution in [3.8, 4) is 0 Å². The minimum absolute atomic E-state index is 0.186. The number of thiophene rings is 1. The molecule has 1 aliphatic heterocycles. The van der Waals surface area contributed by atoms with Crippen LogP contribution in [0, 0.1) is 0 Å². The molecule has 0 N–H and O–H groups in total. The van der Waals surface area contributed by atoms with Crippen molar-refractivity contribution in [1.82, 2.24) is 0 Å². The van der Waals surface area contributed by atoms with Gasteiger partial charge in [-0.15, -0.1) is 11.3 Å². The average molecular weight is 151 g/mol. The van der Waals surface area contributed by atoms with E-state index in [2.05, 4.69) is 4.99 Å². The van der Waals surface area contributed by atoms with E-state index in [4.69, 9.17) is 0 Å². The molecule has 0 aromatic carbocycles. The van der Waals surface area contributed by atoms with Gasteiger partial charge in [0.1, 0.15) is 5.00 Å². The van der Waals surface area contributed by atoms with Gasteiger partial charge in [-0.25, -0.2) is 4.99 Å². The van der Waals surface area contributed by atoms with Gasteiger partial charge < -0.3 is 0 Å². The SMILES string of the molecule is O=C1CC=Nc2sccc21. The number of Topliss-reactive ketones (excluding diaryl/α,β-unsaturated/α-hetero) is 1. The van der Waals surface area contributed by atoms with Crippen molar-refractivity contribution in [2.75, 3.05) is 0 Å². The largest absolute Gasteiger partial charge is 0.294 e. The van der Waals surface area contributed by atoms with Crippen LogP contribution in [0.2, 0.25) is 0 Å². The van der Waals surface area contributed by atoms with Crippen LogP contribution in [-0.2, 0) is 0 Å². The molecule has 2 nitrogen and oxygen atoms in total. The average Bonchev–Trinajstić information content (AvgIpc) is 2.36. The fourth-order valence-electron chi connectivity index (χ4n) is 0.935. The summed E-state index contributed by atoms with van der Waals surface area (Å²) in [7, 11) is 0. The molecule has 0 amide bonds. The van der Waals surface area contributed by atoms with Crippen molar-refractivity contribution in [2.24, 2.45) is 4.99 Å². The number of carbonyl (C=O) groups excluding carboxylic acids is 1. The molecule has 0 saturated carbocycles. The summed E-state index contributed by atoms with van der Waals surface area (Å²) in [5.74, 6) is 0.186. The minimum atomic E-state index is 0.186. The third-order valence-electron chi connectivity index (χ3n) is 1.43. The van der Waals surface area contributed by atoms with E-state index >= 15 is 0 Å². The van der Waals surface area contributed by atoms with Gasteiger partial charge in [-0.3, -0.25) is 4.79 Å². The molecule has 0 atom stereocenters. The molecule has 0 spiro atoms. The number of carbonyl (C=O) groups is 1. The number of ketones is 1. The Balaban J connectivity index is 2.62. The zero-order valence-corrected chi connectivity index (χ0v) is 6.02. The Bertz CT molecular complexity index is 300. The summed E-state index contributed by atoms with van der Waals surface area (Å²) in [5, 5.41) is 2.75. The second-order valence-electron chi connectivity index (χ2n) is 2.08. The lowest BCUT2D eigenvalue weighted by molar-refractivity contribution is 0.100. The normalized spacial score (nSPS) is 15.4. The summed E-state index contributed by atoms with van der Waals surface area (Å²) in [6.45, 7) is 0. The van der Waals surface area contributed by atoms with Crippen LogP contribution in [0.3, 0.4) is 0 Å². The van der Waals surface area contributed by atoms with Crippen LogP contribution in [0.15, 0.2) is 16.4 Å². The lowest BCUT2D eigenvalue weighted by Crippen LogP contribution is -2.01. The number of fused-ring (bicyclic) bond motifs is 1. The van der Waals surface area contributed by atoms with E-state index in [0.717, 1.165) is 10.6 Å². The first kappa shape index (κ1) is 5.80. The van der Waals surface area contributed by atoms with Gasteiger partial charge in [0.25, 0.3) is 0 Å². The highest BCUT2D eigenvalue weighted by Gasteiger charge is 2.13. The highest BCUT2D eigenvalue weighted by molar-refractivity contribution is 7.14. The molecule has 1 aliphatic rings. The van der Waals surface area contributed by atoms with Crippen LogP contribution in [-0.4, -0.2) is 12.0 Å². The lowest BCUT2D eigenvalue weighted by Gasteiger charge is -2.00. The van der Waals surface area contributed by atoms with Gasteiger partial charge in [0.05, 0.1) is 5.56 Å². The Kier molecular flexibility index (Phi) is 1.17. The number of hydrogen-bond acceptors (Lipinski definition) is 3. The molecule has 2 rings (SSSR count). The molecular formula is C7H5NOS. The highest BCUT2D eigenvalue weighted by Crippen LogP contribution is 2.29. The van der Waals surface area contributed by atoms with Crippen molar-refractivity contribution in [1.29, 1.82) is 0 Å². The Morgan fingerprint density at radius 1 is 1.60 bits per heavy atom. The van der Waals surface area contributed by atoms with E-state index in [-0.39, 0.29) is 5.78 Å². The van der Waals surface area contributed by atoms with Gasteiger partial charge in [0, 0.05) is 12.6 Å². The molecule has 0 fully saturated rings. The van der Waals surface area contributed by atoms with Crippen molar-refractivity contribution >= 4 is 28.3 Å². The molecular weight excluding hydrogens is 146 g/mol. The summed E-state index contributed by atoms with van der Waals surface area (Å²) in [5.41, 5.74) is 0.785. The molecule has 0 unspecified atom stereocenters.